The fraction of sp³-hybridized carbons (Fsp3) is 0.412. The number of benzene rings is 1. The van der Waals surface area contributed by atoms with Gasteiger partial charge in [-0.2, -0.15) is 0 Å². The van der Waals surface area contributed by atoms with Crippen molar-refractivity contribution in [2.24, 2.45) is 0 Å². The summed E-state index contributed by atoms with van der Waals surface area (Å²) in [6.45, 7) is 2.73. The van der Waals surface area contributed by atoms with Gasteiger partial charge in [-0.15, -0.1) is 0 Å². The molecule has 2 atom stereocenters. The second-order valence-corrected chi connectivity index (χ2v) is 5.53. The lowest BCUT2D eigenvalue weighted by molar-refractivity contribution is -0.00305. The number of nitrogens with zero attached hydrogens (tertiary/aromatic N) is 1. The monoisotopic (exact) mass is 334 g/mol. The van der Waals surface area contributed by atoms with Gasteiger partial charge in [-0.3, -0.25) is 4.79 Å². The molecule has 1 aliphatic rings. The Morgan fingerprint density at radius 3 is 3.17 bits per heavy atom. The number of aryl methyl sites for hydroxylation is 1. The van der Waals surface area contributed by atoms with Crippen LogP contribution in [-0.2, 0) is 11.2 Å². The largest absolute Gasteiger partial charge is 0.488 e. The second-order valence-electron chi connectivity index (χ2n) is 5.53. The maximum absolute atomic E-state index is 13.3. The van der Waals surface area contributed by atoms with E-state index in [1.807, 2.05) is 6.92 Å². The van der Waals surface area contributed by atoms with E-state index in [4.69, 9.17) is 13.9 Å². The van der Waals surface area contributed by atoms with Crippen molar-refractivity contribution in [1.29, 1.82) is 0 Å². The van der Waals surface area contributed by atoms with E-state index in [-0.39, 0.29) is 29.6 Å². The molecule has 3 rings (SSSR count). The average molecular weight is 334 g/mol. The highest BCUT2D eigenvalue weighted by Crippen LogP contribution is 2.19. The van der Waals surface area contributed by atoms with Crippen molar-refractivity contribution in [3.8, 4) is 5.75 Å². The maximum Gasteiger partial charge on any atom is 0.273 e. The molecule has 2 heterocycles. The highest BCUT2D eigenvalue weighted by Gasteiger charge is 2.30. The zero-order valence-corrected chi connectivity index (χ0v) is 13.3. The molecule has 0 spiro atoms. The first-order valence-electron chi connectivity index (χ1n) is 7.90. The summed E-state index contributed by atoms with van der Waals surface area (Å²) in [6.07, 6.45) is 2.13. The molecule has 24 heavy (non-hydrogen) atoms. The van der Waals surface area contributed by atoms with Crippen molar-refractivity contribution < 1.29 is 23.1 Å². The van der Waals surface area contributed by atoms with Gasteiger partial charge in [-0.05, 0) is 12.1 Å². The average Bonchev–Trinajstić information content (AvgIpc) is 3.05. The summed E-state index contributed by atoms with van der Waals surface area (Å²) in [4.78, 5) is 16.4. The van der Waals surface area contributed by atoms with Gasteiger partial charge < -0.3 is 19.2 Å². The number of hydrogen-bond donors (Lipinski definition) is 1. The molecule has 1 fully saturated rings. The molecular formula is C17H19FN2O4. The van der Waals surface area contributed by atoms with E-state index >= 15 is 0 Å². The van der Waals surface area contributed by atoms with Crippen molar-refractivity contribution >= 4 is 5.91 Å². The van der Waals surface area contributed by atoms with Crippen LogP contribution in [0.2, 0.25) is 0 Å². The van der Waals surface area contributed by atoms with Gasteiger partial charge in [-0.25, -0.2) is 9.37 Å². The third-order valence-corrected chi connectivity index (χ3v) is 3.87. The van der Waals surface area contributed by atoms with Gasteiger partial charge in [0.05, 0.1) is 19.3 Å². The number of halogens is 1. The Morgan fingerprint density at radius 1 is 1.50 bits per heavy atom. The van der Waals surface area contributed by atoms with Gasteiger partial charge in [0.25, 0.3) is 5.91 Å². The number of aromatic nitrogens is 1. The first kappa shape index (κ1) is 16.4. The van der Waals surface area contributed by atoms with E-state index < -0.39 is 0 Å². The van der Waals surface area contributed by atoms with Gasteiger partial charge in [0.1, 0.15) is 23.4 Å². The number of hydrogen-bond acceptors (Lipinski definition) is 5. The molecule has 0 saturated carbocycles. The summed E-state index contributed by atoms with van der Waals surface area (Å²) in [5.41, 5.74) is 0.271. The molecule has 1 saturated heterocycles. The molecule has 0 radical (unpaired) electrons. The molecule has 1 aliphatic heterocycles. The van der Waals surface area contributed by atoms with Gasteiger partial charge in [0.15, 0.2) is 12.1 Å². The standard InChI is InChI=1S/C17H19FN2O4/c1-2-14-16(19-10-23-14)17(21)20-13-9-22-7-6-15(13)24-12-5-3-4-11(18)8-12/h3-5,8,10,13,15H,2,6-7,9H2,1H3,(H,20,21)/t13-,15+/m1/s1. The predicted molar refractivity (Wildman–Crippen MR) is 83.4 cm³/mol. The van der Waals surface area contributed by atoms with Gasteiger partial charge in [0, 0.05) is 18.9 Å². The smallest absolute Gasteiger partial charge is 0.273 e. The molecule has 1 aromatic carbocycles. The Morgan fingerprint density at radius 2 is 2.38 bits per heavy atom. The number of carbonyl (C=O) groups excluding carboxylic acids is 1. The molecule has 1 aromatic heterocycles. The number of amides is 1. The van der Waals surface area contributed by atoms with E-state index in [0.717, 1.165) is 0 Å². The highest BCUT2D eigenvalue weighted by atomic mass is 19.1. The van der Waals surface area contributed by atoms with E-state index in [0.29, 0.717) is 37.6 Å². The predicted octanol–water partition coefficient (Wildman–Crippen LogP) is 2.34. The molecule has 0 bridgehead atoms. The van der Waals surface area contributed by atoms with Crippen molar-refractivity contribution in [3.63, 3.8) is 0 Å². The lowest BCUT2D eigenvalue weighted by atomic mass is 10.1. The fourth-order valence-corrected chi connectivity index (χ4v) is 2.65. The lowest BCUT2D eigenvalue weighted by Gasteiger charge is -2.32. The molecule has 128 valence electrons. The van der Waals surface area contributed by atoms with E-state index in [1.54, 1.807) is 12.1 Å². The number of carbonyl (C=O) groups is 1. The third-order valence-electron chi connectivity index (χ3n) is 3.87. The van der Waals surface area contributed by atoms with Crippen LogP contribution in [0.25, 0.3) is 0 Å². The summed E-state index contributed by atoms with van der Waals surface area (Å²) in [5, 5.41) is 2.88. The molecule has 1 amide bonds. The third kappa shape index (κ3) is 3.73. The summed E-state index contributed by atoms with van der Waals surface area (Å²) in [5.74, 6) is 0.267. The summed E-state index contributed by atoms with van der Waals surface area (Å²) >= 11 is 0. The van der Waals surface area contributed by atoms with E-state index in [1.165, 1.54) is 18.5 Å². The van der Waals surface area contributed by atoms with Crippen LogP contribution < -0.4 is 10.1 Å². The van der Waals surface area contributed by atoms with Crippen LogP contribution in [0.4, 0.5) is 4.39 Å². The van der Waals surface area contributed by atoms with E-state index in [2.05, 4.69) is 10.3 Å². The van der Waals surface area contributed by atoms with Crippen molar-refractivity contribution in [2.75, 3.05) is 13.2 Å². The summed E-state index contributed by atoms with van der Waals surface area (Å²) in [7, 11) is 0. The van der Waals surface area contributed by atoms with Crippen LogP contribution in [0.1, 0.15) is 29.6 Å². The number of nitrogens with one attached hydrogen (secondary N) is 1. The topological polar surface area (TPSA) is 73.6 Å². The van der Waals surface area contributed by atoms with E-state index in [9.17, 15) is 9.18 Å². The Hall–Kier alpha value is -2.41. The zero-order valence-electron chi connectivity index (χ0n) is 13.3. The minimum atomic E-state index is -0.365. The lowest BCUT2D eigenvalue weighted by Crippen LogP contribution is -2.52. The van der Waals surface area contributed by atoms with Crippen LogP contribution in [0.15, 0.2) is 35.1 Å². The summed E-state index contributed by atoms with van der Waals surface area (Å²) in [6, 6.07) is 5.59. The Bertz CT molecular complexity index is 703. The minimum Gasteiger partial charge on any atom is -0.488 e. The summed E-state index contributed by atoms with van der Waals surface area (Å²) < 4.78 is 29.8. The number of rotatable bonds is 5. The molecule has 1 N–H and O–H groups in total. The van der Waals surface area contributed by atoms with Gasteiger partial charge in [-0.1, -0.05) is 13.0 Å². The van der Waals surface area contributed by atoms with Crippen LogP contribution >= 0.6 is 0 Å². The van der Waals surface area contributed by atoms with Crippen molar-refractivity contribution in [3.05, 3.63) is 47.9 Å². The fourth-order valence-electron chi connectivity index (χ4n) is 2.65. The molecule has 0 unspecified atom stereocenters. The Balaban J connectivity index is 1.69. The Labute approximate surface area is 139 Å². The second kappa shape index (κ2) is 7.44. The molecular weight excluding hydrogens is 315 g/mol. The van der Waals surface area contributed by atoms with Crippen LogP contribution in [0.3, 0.4) is 0 Å². The molecule has 2 aromatic rings. The van der Waals surface area contributed by atoms with Gasteiger partial charge in [0.2, 0.25) is 0 Å². The SMILES string of the molecule is CCc1ocnc1C(=O)N[C@@H]1COCC[C@@H]1Oc1cccc(F)c1. The van der Waals surface area contributed by atoms with Crippen molar-refractivity contribution in [2.45, 2.75) is 31.9 Å². The normalized spacial score (nSPS) is 20.6. The zero-order chi connectivity index (χ0) is 16.9. The quantitative estimate of drug-likeness (QED) is 0.908. The first-order valence-corrected chi connectivity index (χ1v) is 7.90. The molecule has 7 heteroatoms. The highest BCUT2D eigenvalue weighted by molar-refractivity contribution is 5.93. The number of oxazole rings is 1. The number of ether oxygens (including phenoxy) is 2. The van der Waals surface area contributed by atoms with Crippen molar-refractivity contribution in [1.82, 2.24) is 10.3 Å². The Kier molecular flexibility index (Phi) is 5.10. The maximum atomic E-state index is 13.3. The van der Waals surface area contributed by atoms with Crippen LogP contribution in [-0.4, -0.2) is 36.3 Å². The van der Waals surface area contributed by atoms with Gasteiger partial charge >= 0.3 is 0 Å². The minimum absolute atomic E-state index is 0.271. The molecule has 6 nitrogen and oxygen atoms in total. The van der Waals surface area contributed by atoms with Crippen LogP contribution in [0.5, 0.6) is 5.75 Å². The molecule has 0 aliphatic carbocycles. The first-order chi connectivity index (χ1) is 11.7. The van der Waals surface area contributed by atoms with Crippen LogP contribution in [0, 0.1) is 5.82 Å².